The van der Waals surface area contributed by atoms with E-state index >= 15 is 0 Å². The number of nitrogens with one attached hydrogen (secondary N) is 2. The van der Waals surface area contributed by atoms with Crippen LogP contribution in [0.3, 0.4) is 0 Å². The molecule has 0 radical (unpaired) electrons. The van der Waals surface area contributed by atoms with Crippen LogP contribution in [-0.2, 0) is 10.2 Å². The Labute approximate surface area is 120 Å². The summed E-state index contributed by atoms with van der Waals surface area (Å²) in [7, 11) is -0.591. The molecule has 10 heteroatoms. The molecule has 1 aliphatic heterocycles. The van der Waals surface area contributed by atoms with Gasteiger partial charge in [-0.25, -0.2) is 4.98 Å². The molecule has 0 saturated heterocycles. The first-order valence-corrected chi connectivity index (χ1v) is 7.34. The van der Waals surface area contributed by atoms with Crippen molar-refractivity contribution in [2.75, 3.05) is 28.0 Å². The number of rotatable bonds is 2. The number of hydrogen-bond donors (Lipinski definition) is 2. The second-order valence-electron chi connectivity index (χ2n) is 4.43. The van der Waals surface area contributed by atoms with E-state index in [9.17, 15) is 13.2 Å². The standard InChI is InChI=1S/C11H12N6O3S/c1-16-8-4-3-7(5-9(8)17(2)21(16,19)20)14-11(18)10-12-6-13-15-10/h3-6H,1-2H3,(H,14,18)(H,12,13,15). The van der Waals surface area contributed by atoms with Crippen molar-refractivity contribution in [3.63, 3.8) is 0 Å². The lowest BCUT2D eigenvalue weighted by Crippen LogP contribution is -2.32. The number of hydrogen-bond acceptors (Lipinski definition) is 5. The number of carbonyl (C=O) groups excluding carboxylic acids is 1. The van der Waals surface area contributed by atoms with Gasteiger partial charge in [0.15, 0.2) is 0 Å². The predicted octanol–water partition coefficient (Wildman–Crippen LogP) is 0.188. The van der Waals surface area contributed by atoms with E-state index in [1.54, 1.807) is 18.2 Å². The lowest BCUT2D eigenvalue weighted by molar-refractivity contribution is 0.101. The third-order valence-electron chi connectivity index (χ3n) is 3.23. The number of carbonyl (C=O) groups is 1. The number of aromatic amines is 1. The highest BCUT2D eigenvalue weighted by Crippen LogP contribution is 2.40. The maximum Gasteiger partial charge on any atom is 0.326 e. The van der Waals surface area contributed by atoms with E-state index in [0.717, 1.165) is 4.31 Å². The Morgan fingerprint density at radius 2 is 1.95 bits per heavy atom. The van der Waals surface area contributed by atoms with Gasteiger partial charge >= 0.3 is 10.2 Å². The fourth-order valence-corrected chi connectivity index (χ4v) is 3.22. The molecular weight excluding hydrogens is 296 g/mol. The fraction of sp³-hybridized carbons (Fsp3) is 0.182. The molecule has 21 heavy (non-hydrogen) atoms. The van der Waals surface area contributed by atoms with E-state index in [1.807, 2.05) is 0 Å². The number of fused-ring (bicyclic) bond motifs is 1. The molecule has 0 unspecified atom stereocenters. The van der Waals surface area contributed by atoms with E-state index in [2.05, 4.69) is 20.5 Å². The quantitative estimate of drug-likeness (QED) is 0.822. The third kappa shape index (κ3) is 2.00. The van der Waals surface area contributed by atoms with Crippen molar-refractivity contribution in [3.8, 4) is 0 Å². The van der Waals surface area contributed by atoms with Gasteiger partial charge in [-0.2, -0.15) is 13.5 Å². The number of H-pyrrole nitrogens is 1. The maximum absolute atomic E-state index is 12.0. The zero-order valence-electron chi connectivity index (χ0n) is 11.2. The van der Waals surface area contributed by atoms with Crippen molar-refractivity contribution in [1.29, 1.82) is 0 Å². The van der Waals surface area contributed by atoms with Crippen LogP contribution in [-0.4, -0.2) is 43.6 Å². The number of nitrogens with zero attached hydrogens (tertiary/aromatic N) is 4. The molecule has 2 heterocycles. The van der Waals surface area contributed by atoms with E-state index in [0.29, 0.717) is 17.1 Å². The molecule has 0 spiro atoms. The molecule has 2 aromatic rings. The van der Waals surface area contributed by atoms with E-state index < -0.39 is 16.1 Å². The van der Waals surface area contributed by atoms with Crippen LogP contribution in [0, 0.1) is 0 Å². The van der Waals surface area contributed by atoms with Crippen LogP contribution in [0.4, 0.5) is 17.1 Å². The summed E-state index contributed by atoms with van der Waals surface area (Å²) in [6, 6.07) is 4.84. The minimum Gasteiger partial charge on any atom is -0.319 e. The summed E-state index contributed by atoms with van der Waals surface area (Å²) in [6.07, 6.45) is 1.23. The molecule has 1 aromatic carbocycles. The summed E-state index contributed by atoms with van der Waals surface area (Å²) >= 11 is 0. The van der Waals surface area contributed by atoms with Gasteiger partial charge in [-0.1, -0.05) is 0 Å². The topological polar surface area (TPSA) is 111 Å². The monoisotopic (exact) mass is 308 g/mol. The largest absolute Gasteiger partial charge is 0.326 e. The molecule has 0 saturated carbocycles. The molecular formula is C11H12N6O3S. The van der Waals surface area contributed by atoms with Gasteiger partial charge in [0.25, 0.3) is 5.91 Å². The predicted molar refractivity (Wildman–Crippen MR) is 76.5 cm³/mol. The minimum atomic E-state index is -3.53. The second kappa shape index (κ2) is 4.45. The number of anilines is 3. The number of amides is 1. The van der Waals surface area contributed by atoms with Crippen molar-refractivity contribution >= 4 is 33.2 Å². The normalized spacial score (nSPS) is 15.9. The molecule has 0 bridgehead atoms. The van der Waals surface area contributed by atoms with Gasteiger partial charge in [-0.05, 0) is 18.2 Å². The Hall–Kier alpha value is -2.62. The summed E-state index contributed by atoms with van der Waals surface area (Å²) in [5.74, 6) is -0.377. The van der Waals surface area contributed by atoms with Gasteiger partial charge in [0.2, 0.25) is 5.82 Å². The van der Waals surface area contributed by atoms with Gasteiger partial charge in [0.05, 0.1) is 11.4 Å². The van der Waals surface area contributed by atoms with Crippen molar-refractivity contribution < 1.29 is 13.2 Å². The van der Waals surface area contributed by atoms with E-state index in [1.165, 1.54) is 24.7 Å². The highest BCUT2D eigenvalue weighted by molar-refractivity contribution is 7.94. The lowest BCUT2D eigenvalue weighted by Gasteiger charge is -2.13. The molecule has 0 fully saturated rings. The molecule has 1 aliphatic rings. The lowest BCUT2D eigenvalue weighted by atomic mass is 10.2. The van der Waals surface area contributed by atoms with Gasteiger partial charge in [0, 0.05) is 19.8 Å². The van der Waals surface area contributed by atoms with E-state index in [-0.39, 0.29) is 5.82 Å². The Kier molecular flexibility index (Phi) is 2.83. The fourth-order valence-electron chi connectivity index (χ4n) is 2.06. The molecule has 0 aliphatic carbocycles. The smallest absolute Gasteiger partial charge is 0.319 e. The SMILES string of the molecule is CN1c2ccc(NC(=O)c3ncn[nH]3)cc2N(C)S1(=O)=O. The van der Waals surface area contributed by atoms with Crippen LogP contribution in [0.2, 0.25) is 0 Å². The summed E-state index contributed by atoms with van der Waals surface area (Å²) in [4.78, 5) is 15.6. The summed E-state index contributed by atoms with van der Waals surface area (Å²) in [5.41, 5.74) is 1.51. The van der Waals surface area contributed by atoms with Crippen molar-refractivity contribution in [1.82, 2.24) is 15.2 Å². The molecule has 110 valence electrons. The third-order valence-corrected chi connectivity index (χ3v) is 5.01. The zero-order valence-corrected chi connectivity index (χ0v) is 12.0. The Bertz CT molecular complexity index is 801. The first-order chi connectivity index (χ1) is 9.91. The Morgan fingerprint density at radius 3 is 2.62 bits per heavy atom. The van der Waals surface area contributed by atoms with Gasteiger partial charge < -0.3 is 5.32 Å². The summed E-state index contributed by atoms with van der Waals surface area (Å²) in [6.45, 7) is 0. The molecule has 3 rings (SSSR count). The van der Waals surface area contributed by atoms with Crippen LogP contribution >= 0.6 is 0 Å². The van der Waals surface area contributed by atoms with Gasteiger partial charge in [-0.3, -0.25) is 18.5 Å². The van der Waals surface area contributed by atoms with Crippen molar-refractivity contribution in [2.24, 2.45) is 0 Å². The van der Waals surface area contributed by atoms with Crippen LogP contribution < -0.4 is 13.9 Å². The van der Waals surface area contributed by atoms with Crippen LogP contribution in [0.15, 0.2) is 24.5 Å². The Balaban J connectivity index is 1.92. The summed E-state index contributed by atoms with van der Waals surface area (Å²) < 4.78 is 26.4. The van der Waals surface area contributed by atoms with Crippen LogP contribution in [0.25, 0.3) is 0 Å². The second-order valence-corrected chi connectivity index (χ2v) is 6.43. The molecule has 1 amide bonds. The maximum atomic E-state index is 12.0. The van der Waals surface area contributed by atoms with E-state index in [4.69, 9.17) is 0 Å². The average Bonchev–Trinajstić information content (AvgIpc) is 3.04. The highest BCUT2D eigenvalue weighted by atomic mass is 32.2. The molecule has 0 atom stereocenters. The summed E-state index contributed by atoms with van der Waals surface area (Å²) in [5, 5.41) is 8.67. The van der Waals surface area contributed by atoms with Gasteiger partial charge in [0.1, 0.15) is 6.33 Å². The zero-order chi connectivity index (χ0) is 15.2. The minimum absolute atomic E-state index is 0.0774. The van der Waals surface area contributed by atoms with Crippen molar-refractivity contribution in [3.05, 3.63) is 30.4 Å². The van der Waals surface area contributed by atoms with Gasteiger partial charge in [-0.15, -0.1) is 0 Å². The Morgan fingerprint density at radius 1 is 1.24 bits per heavy atom. The first kappa shape index (κ1) is 13.4. The van der Waals surface area contributed by atoms with Crippen LogP contribution in [0.5, 0.6) is 0 Å². The number of benzene rings is 1. The number of aromatic nitrogens is 3. The highest BCUT2D eigenvalue weighted by Gasteiger charge is 2.35. The van der Waals surface area contributed by atoms with Crippen LogP contribution in [0.1, 0.15) is 10.6 Å². The molecule has 2 N–H and O–H groups in total. The first-order valence-electron chi connectivity index (χ1n) is 5.95. The molecule has 9 nitrogen and oxygen atoms in total. The molecule has 1 aromatic heterocycles. The van der Waals surface area contributed by atoms with Crippen molar-refractivity contribution in [2.45, 2.75) is 0 Å². The average molecular weight is 308 g/mol.